The maximum atomic E-state index is 11.8. The van der Waals surface area contributed by atoms with Gasteiger partial charge in [0.15, 0.2) is 0 Å². The van der Waals surface area contributed by atoms with Gasteiger partial charge < -0.3 is 10.5 Å². The summed E-state index contributed by atoms with van der Waals surface area (Å²) in [6.07, 6.45) is 7.54. The highest BCUT2D eigenvalue weighted by atomic mass is 16.6. The third kappa shape index (κ3) is 5.14. The molecule has 1 rings (SSSR count). The molecule has 0 aromatic heterocycles. The SMILES string of the molecule is CC(C)(C)OC(=O)N1C=NC=C(C=CCCN)C1. The van der Waals surface area contributed by atoms with E-state index in [9.17, 15) is 4.79 Å². The third-order valence-electron chi connectivity index (χ3n) is 2.09. The van der Waals surface area contributed by atoms with Crippen LogP contribution in [0.1, 0.15) is 27.2 Å². The van der Waals surface area contributed by atoms with Gasteiger partial charge in [0.05, 0.1) is 6.54 Å². The summed E-state index contributed by atoms with van der Waals surface area (Å²) in [6, 6.07) is 0. The first-order chi connectivity index (χ1) is 8.42. The molecule has 1 heterocycles. The Hall–Kier alpha value is -1.62. The second kappa shape index (κ2) is 6.35. The minimum atomic E-state index is -0.498. The van der Waals surface area contributed by atoms with Crippen LogP contribution in [0.2, 0.25) is 0 Å². The van der Waals surface area contributed by atoms with Gasteiger partial charge in [-0.2, -0.15) is 0 Å². The van der Waals surface area contributed by atoms with E-state index in [1.54, 1.807) is 6.20 Å². The first-order valence-electron chi connectivity index (χ1n) is 6.01. The number of amides is 1. The number of rotatable bonds is 3. The van der Waals surface area contributed by atoms with Gasteiger partial charge in [0.25, 0.3) is 0 Å². The maximum absolute atomic E-state index is 11.8. The zero-order valence-corrected chi connectivity index (χ0v) is 11.2. The standard InChI is InChI=1S/C13H21N3O2/c1-13(2,3)18-12(17)16-9-11(8-15-10-16)6-4-5-7-14/h4,6,8,10H,5,7,9,14H2,1-3H3. The van der Waals surface area contributed by atoms with E-state index < -0.39 is 5.60 Å². The Morgan fingerprint density at radius 3 is 2.94 bits per heavy atom. The molecule has 18 heavy (non-hydrogen) atoms. The van der Waals surface area contributed by atoms with Crippen molar-refractivity contribution in [3.05, 3.63) is 23.9 Å². The highest BCUT2D eigenvalue weighted by Crippen LogP contribution is 2.12. The Balaban J connectivity index is 2.55. The van der Waals surface area contributed by atoms with Crippen LogP contribution in [0.25, 0.3) is 0 Å². The van der Waals surface area contributed by atoms with E-state index in [2.05, 4.69) is 4.99 Å². The molecular weight excluding hydrogens is 230 g/mol. The summed E-state index contributed by atoms with van der Waals surface area (Å²) < 4.78 is 5.28. The fourth-order valence-corrected chi connectivity index (χ4v) is 1.35. The minimum Gasteiger partial charge on any atom is -0.443 e. The number of nitrogens with zero attached hydrogens (tertiary/aromatic N) is 2. The second-order valence-electron chi connectivity index (χ2n) is 5.06. The molecular formula is C13H21N3O2. The predicted octanol–water partition coefficient (Wildman–Crippen LogP) is 2.05. The van der Waals surface area contributed by atoms with Crippen LogP contribution >= 0.6 is 0 Å². The first-order valence-corrected chi connectivity index (χ1v) is 6.01. The van der Waals surface area contributed by atoms with Crippen molar-refractivity contribution in [2.45, 2.75) is 32.8 Å². The summed E-state index contributed by atoms with van der Waals surface area (Å²) in [6.45, 7) is 6.60. The highest BCUT2D eigenvalue weighted by Gasteiger charge is 2.22. The molecule has 0 aromatic carbocycles. The van der Waals surface area contributed by atoms with Gasteiger partial charge in [-0.15, -0.1) is 0 Å². The van der Waals surface area contributed by atoms with Gasteiger partial charge in [0.1, 0.15) is 11.9 Å². The van der Waals surface area contributed by atoms with Gasteiger partial charge in [0, 0.05) is 6.20 Å². The predicted molar refractivity (Wildman–Crippen MR) is 72.3 cm³/mol. The van der Waals surface area contributed by atoms with Crippen LogP contribution in [0.15, 0.2) is 28.9 Å². The van der Waals surface area contributed by atoms with Crippen LogP contribution in [0.5, 0.6) is 0 Å². The van der Waals surface area contributed by atoms with E-state index in [1.807, 2.05) is 32.9 Å². The third-order valence-corrected chi connectivity index (χ3v) is 2.09. The van der Waals surface area contributed by atoms with E-state index in [1.165, 1.54) is 11.2 Å². The van der Waals surface area contributed by atoms with Crippen molar-refractivity contribution in [3.63, 3.8) is 0 Å². The maximum Gasteiger partial charge on any atom is 0.415 e. The number of aliphatic imine (C=N–C) groups is 1. The highest BCUT2D eigenvalue weighted by molar-refractivity contribution is 5.84. The van der Waals surface area contributed by atoms with Gasteiger partial charge in [-0.25, -0.2) is 9.79 Å². The molecule has 1 amide bonds. The zero-order chi connectivity index (χ0) is 13.6. The second-order valence-corrected chi connectivity index (χ2v) is 5.06. The number of ether oxygens (including phenoxy) is 1. The van der Waals surface area contributed by atoms with Crippen LogP contribution in [-0.2, 0) is 4.74 Å². The van der Waals surface area contributed by atoms with Gasteiger partial charge in [-0.3, -0.25) is 4.90 Å². The summed E-state index contributed by atoms with van der Waals surface area (Å²) in [7, 11) is 0. The zero-order valence-electron chi connectivity index (χ0n) is 11.2. The lowest BCUT2D eigenvalue weighted by atomic mass is 10.2. The fourth-order valence-electron chi connectivity index (χ4n) is 1.35. The van der Waals surface area contributed by atoms with Gasteiger partial charge >= 0.3 is 6.09 Å². The Morgan fingerprint density at radius 2 is 2.33 bits per heavy atom. The van der Waals surface area contributed by atoms with Crippen molar-refractivity contribution in [2.24, 2.45) is 10.7 Å². The molecule has 2 N–H and O–H groups in total. The van der Waals surface area contributed by atoms with Gasteiger partial charge in [0.2, 0.25) is 0 Å². The summed E-state index contributed by atoms with van der Waals surface area (Å²) in [5, 5.41) is 0. The number of carbonyl (C=O) groups excluding carboxylic acids is 1. The molecule has 0 aliphatic carbocycles. The summed E-state index contributed by atoms with van der Waals surface area (Å²) in [5.41, 5.74) is 5.86. The van der Waals surface area contributed by atoms with Crippen LogP contribution in [0, 0.1) is 0 Å². The molecule has 0 saturated heterocycles. The number of hydrogen-bond donors (Lipinski definition) is 1. The van der Waals surface area contributed by atoms with E-state index in [4.69, 9.17) is 10.5 Å². The molecule has 0 fully saturated rings. The number of carbonyl (C=O) groups is 1. The molecule has 0 spiro atoms. The van der Waals surface area contributed by atoms with Crippen LogP contribution in [-0.4, -0.2) is 36.0 Å². The lowest BCUT2D eigenvalue weighted by Crippen LogP contribution is -2.37. The molecule has 1 aliphatic rings. The van der Waals surface area contributed by atoms with Crippen LogP contribution in [0.3, 0.4) is 0 Å². The summed E-state index contributed by atoms with van der Waals surface area (Å²) in [5.74, 6) is 0. The minimum absolute atomic E-state index is 0.385. The number of hydrogen-bond acceptors (Lipinski definition) is 4. The molecule has 5 heteroatoms. The topological polar surface area (TPSA) is 67.9 Å². The molecule has 1 aliphatic heterocycles. The van der Waals surface area contributed by atoms with Crippen LogP contribution in [0.4, 0.5) is 4.79 Å². The monoisotopic (exact) mass is 251 g/mol. The molecule has 0 radical (unpaired) electrons. The van der Waals surface area contributed by atoms with Crippen molar-refractivity contribution in [3.8, 4) is 0 Å². The molecule has 5 nitrogen and oxygen atoms in total. The molecule has 0 unspecified atom stereocenters. The van der Waals surface area contributed by atoms with Gasteiger partial charge in [-0.05, 0) is 39.3 Å². The van der Waals surface area contributed by atoms with E-state index in [0.29, 0.717) is 13.1 Å². The average Bonchev–Trinajstić information content (AvgIpc) is 2.27. The molecule has 0 saturated carbocycles. The Labute approximate surface area is 108 Å². The van der Waals surface area contributed by atoms with E-state index >= 15 is 0 Å². The summed E-state index contributed by atoms with van der Waals surface area (Å²) in [4.78, 5) is 17.3. The lowest BCUT2D eigenvalue weighted by molar-refractivity contribution is 0.0387. The molecule has 0 aromatic rings. The van der Waals surface area contributed by atoms with Crippen molar-refractivity contribution >= 4 is 12.4 Å². The Kier molecular flexibility index (Phi) is 5.09. The average molecular weight is 251 g/mol. The molecule has 0 bridgehead atoms. The molecule has 0 atom stereocenters. The largest absolute Gasteiger partial charge is 0.443 e. The summed E-state index contributed by atoms with van der Waals surface area (Å²) >= 11 is 0. The Bertz CT molecular complexity index is 378. The number of nitrogens with two attached hydrogens (primary N) is 1. The Morgan fingerprint density at radius 1 is 1.61 bits per heavy atom. The lowest BCUT2D eigenvalue weighted by Gasteiger charge is -2.26. The van der Waals surface area contributed by atoms with E-state index in [0.717, 1.165) is 12.0 Å². The van der Waals surface area contributed by atoms with Crippen molar-refractivity contribution < 1.29 is 9.53 Å². The molecule has 100 valence electrons. The van der Waals surface area contributed by atoms with Crippen LogP contribution < -0.4 is 5.73 Å². The van der Waals surface area contributed by atoms with E-state index in [-0.39, 0.29) is 6.09 Å². The fraction of sp³-hybridized carbons (Fsp3) is 0.538. The first kappa shape index (κ1) is 14.4. The smallest absolute Gasteiger partial charge is 0.415 e. The quantitative estimate of drug-likeness (QED) is 0.834. The van der Waals surface area contributed by atoms with Crippen molar-refractivity contribution in [1.29, 1.82) is 0 Å². The van der Waals surface area contributed by atoms with Crippen molar-refractivity contribution in [1.82, 2.24) is 4.90 Å². The van der Waals surface area contributed by atoms with Crippen molar-refractivity contribution in [2.75, 3.05) is 13.1 Å². The van der Waals surface area contributed by atoms with Gasteiger partial charge in [-0.1, -0.05) is 12.2 Å². The normalized spacial score (nSPS) is 16.0.